The molecule has 1 atom stereocenters. The Labute approximate surface area is 179 Å². The van der Waals surface area contributed by atoms with E-state index >= 15 is 0 Å². The van der Waals surface area contributed by atoms with E-state index in [1.54, 1.807) is 4.90 Å². The summed E-state index contributed by atoms with van der Waals surface area (Å²) in [5.74, 6) is 0.359. The van der Waals surface area contributed by atoms with Crippen molar-refractivity contribution < 1.29 is 9.59 Å². The van der Waals surface area contributed by atoms with Gasteiger partial charge in [-0.2, -0.15) is 0 Å². The van der Waals surface area contributed by atoms with Crippen molar-refractivity contribution in [1.29, 1.82) is 0 Å². The third-order valence-electron chi connectivity index (χ3n) is 6.08. The van der Waals surface area contributed by atoms with Gasteiger partial charge in [-0.1, -0.05) is 60.7 Å². The van der Waals surface area contributed by atoms with Gasteiger partial charge >= 0.3 is 0 Å². The lowest BCUT2D eigenvalue weighted by atomic mass is 9.89. The first-order chi connectivity index (χ1) is 14.5. The number of nitrogens with two attached hydrogens (primary N) is 1. The van der Waals surface area contributed by atoms with Gasteiger partial charge < -0.3 is 10.6 Å². The molecule has 0 bridgehead atoms. The molecule has 5 nitrogen and oxygen atoms in total. The van der Waals surface area contributed by atoms with Crippen LogP contribution >= 0.6 is 0 Å². The fraction of sp³-hybridized carbons (Fsp3) is 0.440. The summed E-state index contributed by atoms with van der Waals surface area (Å²) in [6.07, 6.45) is 3.50. The van der Waals surface area contributed by atoms with Crippen LogP contribution in [0.5, 0.6) is 0 Å². The fourth-order valence-electron chi connectivity index (χ4n) is 4.23. The maximum absolute atomic E-state index is 13.3. The number of carbonyl (C=O) groups is 2. The minimum atomic E-state index is -0.379. The molecule has 0 saturated carbocycles. The molecule has 1 unspecified atom stereocenters. The van der Waals surface area contributed by atoms with Crippen molar-refractivity contribution in [3.8, 4) is 0 Å². The molecule has 3 rings (SSSR count). The summed E-state index contributed by atoms with van der Waals surface area (Å²) in [5, 5.41) is 0. The van der Waals surface area contributed by atoms with Crippen LogP contribution in [0, 0.1) is 5.92 Å². The van der Waals surface area contributed by atoms with Crippen LogP contribution in [0.2, 0.25) is 0 Å². The maximum Gasteiger partial charge on any atom is 0.239 e. The topological polar surface area (TPSA) is 66.6 Å². The SMILES string of the molecule is CC(C(=O)N(CCC(N)=O)Cc1ccccc1)N1CCC(Cc2ccccc2)CC1. The predicted molar refractivity (Wildman–Crippen MR) is 120 cm³/mol. The first-order valence-electron chi connectivity index (χ1n) is 10.9. The molecule has 1 fully saturated rings. The van der Waals surface area contributed by atoms with Crippen molar-refractivity contribution in [3.63, 3.8) is 0 Å². The minimum Gasteiger partial charge on any atom is -0.370 e. The van der Waals surface area contributed by atoms with E-state index in [0.717, 1.165) is 37.9 Å². The zero-order valence-corrected chi connectivity index (χ0v) is 17.9. The molecule has 1 aliphatic rings. The predicted octanol–water partition coefficient (Wildman–Crippen LogP) is 3.23. The monoisotopic (exact) mass is 407 g/mol. The Kier molecular flexibility index (Phi) is 8.03. The van der Waals surface area contributed by atoms with Gasteiger partial charge in [0, 0.05) is 19.5 Å². The third-order valence-corrected chi connectivity index (χ3v) is 6.08. The summed E-state index contributed by atoms with van der Waals surface area (Å²) in [6.45, 7) is 4.71. The Morgan fingerprint density at radius 2 is 1.57 bits per heavy atom. The number of carbonyl (C=O) groups excluding carboxylic acids is 2. The van der Waals surface area contributed by atoms with Crippen LogP contribution in [0.15, 0.2) is 60.7 Å². The zero-order valence-electron chi connectivity index (χ0n) is 17.9. The number of primary amides is 1. The Morgan fingerprint density at radius 3 is 2.13 bits per heavy atom. The highest BCUT2D eigenvalue weighted by atomic mass is 16.2. The number of benzene rings is 2. The van der Waals surface area contributed by atoms with Crippen LogP contribution < -0.4 is 5.73 Å². The molecule has 160 valence electrons. The summed E-state index contributed by atoms with van der Waals surface area (Å²) in [7, 11) is 0. The number of rotatable bonds is 9. The van der Waals surface area contributed by atoms with E-state index in [1.165, 1.54) is 5.56 Å². The second-order valence-corrected chi connectivity index (χ2v) is 8.31. The van der Waals surface area contributed by atoms with E-state index in [2.05, 4.69) is 35.2 Å². The molecule has 30 heavy (non-hydrogen) atoms. The second kappa shape index (κ2) is 10.9. The smallest absolute Gasteiger partial charge is 0.239 e. The van der Waals surface area contributed by atoms with Gasteiger partial charge in [0.2, 0.25) is 11.8 Å². The van der Waals surface area contributed by atoms with E-state index < -0.39 is 0 Å². The molecule has 0 aromatic heterocycles. The zero-order chi connectivity index (χ0) is 21.3. The van der Waals surface area contributed by atoms with Crippen molar-refractivity contribution in [3.05, 3.63) is 71.8 Å². The minimum absolute atomic E-state index is 0.0709. The molecular formula is C25H33N3O2. The normalized spacial score (nSPS) is 16.2. The molecule has 2 amide bonds. The first kappa shape index (κ1) is 22.0. The van der Waals surface area contributed by atoms with Gasteiger partial charge in [0.1, 0.15) is 0 Å². The van der Waals surface area contributed by atoms with E-state index in [1.807, 2.05) is 37.3 Å². The van der Waals surface area contributed by atoms with Crippen LogP contribution in [0.1, 0.15) is 37.3 Å². The Balaban J connectivity index is 1.57. The highest BCUT2D eigenvalue weighted by Crippen LogP contribution is 2.23. The van der Waals surface area contributed by atoms with Crippen LogP contribution in [0.25, 0.3) is 0 Å². The Bertz CT molecular complexity index is 802. The lowest BCUT2D eigenvalue weighted by Gasteiger charge is -2.37. The maximum atomic E-state index is 13.3. The number of piperidine rings is 1. The van der Waals surface area contributed by atoms with Crippen molar-refractivity contribution in [2.75, 3.05) is 19.6 Å². The highest BCUT2D eigenvalue weighted by molar-refractivity contribution is 5.82. The highest BCUT2D eigenvalue weighted by Gasteiger charge is 2.29. The van der Waals surface area contributed by atoms with Crippen LogP contribution in [0.3, 0.4) is 0 Å². The van der Waals surface area contributed by atoms with E-state index in [9.17, 15) is 9.59 Å². The van der Waals surface area contributed by atoms with Crippen LogP contribution in [-0.4, -0.2) is 47.3 Å². The summed E-state index contributed by atoms with van der Waals surface area (Å²) in [5.41, 5.74) is 7.79. The number of nitrogens with zero attached hydrogens (tertiary/aromatic N) is 2. The Hall–Kier alpha value is -2.66. The molecule has 0 aliphatic carbocycles. The molecule has 1 aliphatic heterocycles. The van der Waals surface area contributed by atoms with Crippen molar-refractivity contribution in [2.24, 2.45) is 11.7 Å². The van der Waals surface area contributed by atoms with Gasteiger partial charge in [-0.15, -0.1) is 0 Å². The number of amides is 2. The fourth-order valence-corrected chi connectivity index (χ4v) is 4.23. The molecule has 1 heterocycles. The molecule has 0 spiro atoms. The summed E-state index contributed by atoms with van der Waals surface area (Å²) >= 11 is 0. The first-order valence-corrected chi connectivity index (χ1v) is 10.9. The molecule has 2 aromatic rings. The molecule has 1 saturated heterocycles. The third kappa shape index (κ3) is 6.42. The molecule has 2 N–H and O–H groups in total. The summed E-state index contributed by atoms with van der Waals surface area (Å²) < 4.78 is 0. The van der Waals surface area contributed by atoms with Gasteiger partial charge in [0.25, 0.3) is 0 Å². The molecule has 5 heteroatoms. The summed E-state index contributed by atoms with van der Waals surface area (Å²) in [4.78, 5) is 28.6. The number of hydrogen-bond donors (Lipinski definition) is 1. The van der Waals surface area contributed by atoms with Crippen molar-refractivity contribution in [2.45, 2.75) is 45.2 Å². The van der Waals surface area contributed by atoms with E-state index in [0.29, 0.717) is 19.0 Å². The number of hydrogen-bond acceptors (Lipinski definition) is 3. The average molecular weight is 408 g/mol. The average Bonchev–Trinajstić information content (AvgIpc) is 2.77. The quantitative estimate of drug-likeness (QED) is 0.694. The van der Waals surface area contributed by atoms with Gasteiger partial charge in [0.05, 0.1) is 6.04 Å². The number of likely N-dealkylation sites (tertiary alicyclic amines) is 1. The molecule has 2 aromatic carbocycles. The van der Waals surface area contributed by atoms with E-state index in [-0.39, 0.29) is 24.3 Å². The van der Waals surface area contributed by atoms with Crippen LogP contribution in [-0.2, 0) is 22.6 Å². The van der Waals surface area contributed by atoms with Gasteiger partial charge in [-0.05, 0) is 56.3 Å². The van der Waals surface area contributed by atoms with Gasteiger partial charge in [-0.25, -0.2) is 0 Å². The van der Waals surface area contributed by atoms with Crippen molar-refractivity contribution in [1.82, 2.24) is 9.80 Å². The lowest BCUT2D eigenvalue weighted by molar-refractivity contribution is -0.138. The van der Waals surface area contributed by atoms with Crippen molar-refractivity contribution >= 4 is 11.8 Å². The summed E-state index contributed by atoms with van der Waals surface area (Å²) in [6, 6.07) is 20.3. The van der Waals surface area contributed by atoms with E-state index in [4.69, 9.17) is 5.73 Å². The Morgan fingerprint density at radius 1 is 1.00 bits per heavy atom. The largest absolute Gasteiger partial charge is 0.370 e. The molecule has 0 radical (unpaired) electrons. The molecular weight excluding hydrogens is 374 g/mol. The van der Waals surface area contributed by atoms with Crippen LogP contribution in [0.4, 0.5) is 0 Å². The second-order valence-electron chi connectivity index (χ2n) is 8.31. The lowest BCUT2D eigenvalue weighted by Crippen LogP contribution is -2.50. The van der Waals surface area contributed by atoms with Gasteiger partial charge in [0.15, 0.2) is 0 Å². The van der Waals surface area contributed by atoms with Gasteiger partial charge in [-0.3, -0.25) is 14.5 Å². The standard InChI is InChI=1S/C25H33N3O2/c1-20(27-15-12-22(13-16-27)18-21-8-4-2-5-9-21)25(30)28(17-14-24(26)29)19-23-10-6-3-7-11-23/h2-11,20,22H,12-19H2,1H3,(H2,26,29).